The quantitative estimate of drug-likeness (QED) is 0.303. The van der Waals surface area contributed by atoms with Crippen LogP contribution in [-0.4, -0.2) is 58.2 Å². The number of anilines is 1. The Hall–Kier alpha value is -3.74. The van der Waals surface area contributed by atoms with Gasteiger partial charge in [-0.15, -0.1) is 0 Å². The number of hydrogen-bond acceptors (Lipinski definition) is 4. The number of carbonyl (C=O) groups is 3. The van der Waals surface area contributed by atoms with E-state index in [1.54, 1.807) is 6.07 Å². The number of hydrogen-bond donors (Lipinski definition) is 2. The third kappa shape index (κ3) is 7.00. The van der Waals surface area contributed by atoms with E-state index in [0.29, 0.717) is 24.3 Å². The molecule has 0 spiro atoms. The van der Waals surface area contributed by atoms with Crippen molar-refractivity contribution >= 4 is 39.3 Å². The topological polar surface area (TPSA) is 96.3 Å². The maximum absolute atomic E-state index is 15.2. The average molecular weight is 652 g/mol. The Morgan fingerprint density at radius 1 is 1.17 bits per heavy atom. The van der Waals surface area contributed by atoms with Crippen molar-refractivity contribution in [3.05, 3.63) is 81.3 Å². The molecular formula is C29H30BrF4N5O3. The monoisotopic (exact) mass is 651 g/mol. The molecule has 2 N–H and O–H groups in total. The zero-order valence-corrected chi connectivity index (χ0v) is 24.7. The molecule has 8 nitrogen and oxygen atoms in total. The van der Waals surface area contributed by atoms with Gasteiger partial charge in [0, 0.05) is 30.2 Å². The van der Waals surface area contributed by atoms with Crippen LogP contribution in [0.3, 0.4) is 0 Å². The molecule has 1 heterocycles. The minimum atomic E-state index is -4.57. The van der Waals surface area contributed by atoms with Crippen molar-refractivity contribution in [2.75, 3.05) is 18.9 Å². The van der Waals surface area contributed by atoms with Gasteiger partial charge in [0.2, 0.25) is 11.8 Å². The number of aromatic nitrogens is 2. The maximum Gasteiger partial charge on any atom is 0.406 e. The van der Waals surface area contributed by atoms with Gasteiger partial charge in [-0.3, -0.25) is 19.1 Å². The smallest absolute Gasteiger partial charge is 0.338 e. The zero-order chi connectivity index (χ0) is 30.8. The molecular weight excluding hydrogens is 622 g/mol. The summed E-state index contributed by atoms with van der Waals surface area (Å²) in [4.78, 5) is 39.9. The molecule has 4 rings (SSSR count). The number of amides is 3. The number of benzene rings is 2. The summed E-state index contributed by atoms with van der Waals surface area (Å²) in [6, 6.07) is 9.86. The molecule has 3 aromatic rings. The van der Waals surface area contributed by atoms with E-state index in [9.17, 15) is 27.6 Å². The van der Waals surface area contributed by atoms with Crippen molar-refractivity contribution in [2.45, 2.75) is 57.3 Å². The highest BCUT2D eigenvalue weighted by Gasteiger charge is 2.37. The minimum Gasteiger partial charge on any atom is -0.338 e. The molecule has 13 heteroatoms. The van der Waals surface area contributed by atoms with Crippen molar-refractivity contribution in [3.8, 4) is 0 Å². The summed E-state index contributed by atoms with van der Waals surface area (Å²) in [5.74, 6) is -4.32. The summed E-state index contributed by atoms with van der Waals surface area (Å²) in [6.45, 7) is 2.22. The third-order valence-corrected chi connectivity index (χ3v) is 7.86. The van der Waals surface area contributed by atoms with E-state index in [4.69, 9.17) is 0 Å². The number of likely N-dealkylation sites (N-methyl/N-ethyl adjacent to an activating group) is 1. The Kier molecular flexibility index (Phi) is 9.39. The van der Waals surface area contributed by atoms with Gasteiger partial charge in [0.05, 0.1) is 11.6 Å². The number of aryl methyl sites for hydroxylation is 2. The molecule has 1 aromatic heterocycles. The van der Waals surface area contributed by atoms with Gasteiger partial charge in [0.1, 0.15) is 24.1 Å². The number of nitrogens with zero attached hydrogens (tertiary/aromatic N) is 3. The van der Waals surface area contributed by atoms with Crippen LogP contribution in [0.4, 0.5) is 23.2 Å². The van der Waals surface area contributed by atoms with Crippen LogP contribution >= 0.6 is 15.9 Å². The molecule has 0 aliphatic heterocycles. The highest BCUT2D eigenvalue weighted by atomic mass is 79.9. The lowest BCUT2D eigenvalue weighted by Crippen LogP contribution is -2.47. The van der Waals surface area contributed by atoms with Crippen LogP contribution in [0.15, 0.2) is 53.1 Å². The predicted molar refractivity (Wildman–Crippen MR) is 151 cm³/mol. The molecule has 0 saturated heterocycles. The molecule has 3 amide bonds. The Morgan fingerprint density at radius 3 is 2.57 bits per heavy atom. The van der Waals surface area contributed by atoms with E-state index in [1.807, 2.05) is 25.1 Å². The fourth-order valence-electron chi connectivity index (χ4n) is 5.23. The van der Waals surface area contributed by atoms with Crippen LogP contribution in [0, 0.1) is 5.82 Å². The Bertz CT molecular complexity index is 1490. The first-order valence-electron chi connectivity index (χ1n) is 13.3. The fraction of sp³-hybridized carbons (Fsp3) is 0.379. The second-order valence-corrected chi connectivity index (χ2v) is 11.1. The third-order valence-electron chi connectivity index (χ3n) is 7.37. The summed E-state index contributed by atoms with van der Waals surface area (Å²) in [5.41, 5.74) is 2.15. The van der Waals surface area contributed by atoms with Gasteiger partial charge >= 0.3 is 6.18 Å². The van der Waals surface area contributed by atoms with E-state index in [-0.39, 0.29) is 16.9 Å². The first kappa shape index (κ1) is 31.2. The fourth-order valence-corrected chi connectivity index (χ4v) is 5.60. The van der Waals surface area contributed by atoms with Gasteiger partial charge in [-0.05, 0) is 73.7 Å². The van der Waals surface area contributed by atoms with Crippen LogP contribution in [0.1, 0.15) is 59.3 Å². The number of alkyl halides is 3. The second-order valence-electron chi connectivity index (χ2n) is 10.2. The van der Waals surface area contributed by atoms with Crippen molar-refractivity contribution in [2.24, 2.45) is 0 Å². The van der Waals surface area contributed by atoms with Crippen LogP contribution < -0.4 is 10.6 Å². The van der Waals surface area contributed by atoms with Crippen LogP contribution in [-0.2, 0) is 22.6 Å². The summed E-state index contributed by atoms with van der Waals surface area (Å²) >= 11 is 3.46. The van der Waals surface area contributed by atoms with E-state index >= 15 is 4.39 Å². The maximum atomic E-state index is 15.2. The molecule has 3 atom stereocenters. The Balaban J connectivity index is 1.57. The first-order valence-corrected chi connectivity index (χ1v) is 14.1. The van der Waals surface area contributed by atoms with Gasteiger partial charge in [-0.25, -0.2) is 4.39 Å². The Labute approximate surface area is 248 Å². The molecule has 0 fully saturated rings. The molecule has 2 aromatic carbocycles. The Morgan fingerprint density at radius 2 is 1.90 bits per heavy atom. The van der Waals surface area contributed by atoms with Crippen LogP contribution in [0.25, 0.3) is 0 Å². The number of carbonyl (C=O) groups excluding carboxylic acids is 3. The predicted octanol–water partition coefficient (Wildman–Crippen LogP) is 5.40. The zero-order valence-electron chi connectivity index (χ0n) is 23.1. The largest absolute Gasteiger partial charge is 0.406 e. The number of rotatable bonds is 9. The summed E-state index contributed by atoms with van der Waals surface area (Å²) in [6.07, 6.45) is -1.82. The SMILES string of the molecule is CCn1nccc1C(=O)N[C@H](C(=O)Nc1ccc([C@H](C)C(=O)N(C)CC(F)(F)F)cc1F)[C@H]1CCc2ccc(Br)cc21. The summed E-state index contributed by atoms with van der Waals surface area (Å²) in [5, 5.41) is 9.49. The molecule has 1 aliphatic carbocycles. The van der Waals surface area contributed by atoms with Crippen molar-refractivity contribution in [3.63, 3.8) is 0 Å². The number of halogens is 5. The van der Waals surface area contributed by atoms with Gasteiger partial charge < -0.3 is 15.5 Å². The lowest BCUT2D eigenvalue weighted by atomic mass is 9.92. The molecule has 1 aliphatic rings. The lowest BCUT2D eigenvalue weighted by molar-refractivity contribution is -0.159. The number of fused-ring (bicyclic) bond motifs is 1. The number of nitrogens with one attached hydrogen (secondary N) is 2. The van der Waals surface area contributed by atoms with Gasteiger partial charge in [-0.1, -0.05) is 28.1 Å². The van der Waals surface area contributed by atoms with Gasteiger partial charge in [0.15, 0.2) is 0 Å². The van der Waals surface area contributed by atoms with Crippen LogP contribution in [0.2, 0.25) is 0 Å². The standard InChI is InChI=1S/C29H30BrF4N5O3/c1-4-39-24(11-12-35-39)26(40)37-25(20-9-6-17-5-8-19(30)14-21(17)20)27(41)36-23-10-7-18(13-22(23)31)16(2)28(42)38(3)15-29(32,33)34/h5,7-8,10-14,16,20,25H,4,6,9,15H2,1-3H3,(H,36,41)(H,37,40)/t16-,20-,25-/m0/s1. The molecule has 0 saturated carbocycles. The summed E-state index contributed by atoms with van der Waals surface area (Å²) < 4.78 is 55.7. The van der Waals surface area contributed by atoms with Crippen molar-refractivity contribution in [1.82, 2.24) is 20.0 Å². The first-order chi connectivity index (χ1) is 19.8. The van der Waals surface area contributed by atoms with Gasteiger partial charge in [0.25, 0.3) is 5.91 Å². The van der Waals surface area contributed by atoms with E-state index in [1.165, 1.54) is 29.9 Å². The summed E-state index contributed by atoms with van der Waals surface area (Å²) in [7, 11) is 1.03. The van der Waals surface area contributed by atoms with E-state index < -0.39 is 54.1 Å². The average Bonchev–Trinajstić information content (AvgIpc) is 3.57. The molecule has 0 unspecified atom stereocenters. The normalized spacial score (nSPS) is 16.0. The molecule has 0 bridgehead atoms. The van der Waals surface area contributed by atoms with Crippen molar-refractivity contribution in [1.29, 1.82) is 0 Å². The molecule has 224 valence electrons. The van der Waals surface area contributed by atoms with E-state index in [0.717, 1.165) is 28.7 Å². The lowest BCUT2D eigenvalue weighted by Gasteiger charge is -2.26. The van der Waals surface area contributed by atoms with E-state index in [2.05, 4.69) is 31.7 Å². The van der Waals surface area contributed by atoms with Gasteiger partial charge in [-0.2, -0.15) is 18.3 Å². The minimum absolute atomic E-state index is 0.150. The van der Waals surface area contributed by atoms with Crippen molar-refractivity contribution < 1.29 is 31.9 Å². The molecule has 42 heavy (non-hydrogen) atoms. The second kappa shape index (κ2) is 12.6. The molecule has 0 radical (unpaired) electrons. The van der Waals surface area contributed by atoms with Crippen LogP contribution in [0.5, 0.6) is 0 Å². The highest BCUT2D eigenvalue weighted by molar-refractivity contribution is 9.10. The highest BCUT2D eigenvalue weighted by Crippen LogP contribution is 2.38.